The molecule has 2 N–H and O–H groups in total. The fraction of sp³-hybridized carbons (Fsp3) is 0.0625. The van der Waals surface area contributed by atoms with E-state index in [1.165, 1.54) is 0 Å². The fourth-order valence-electron chi connectivity index (χ4n) is 2.18. The number of nitriles is 1. The van der Waals surface area contributed by atoms with Gasteiger partial charge in [0.25, 0.3) is 0 Å². The third kappa shape index (κ3) is 2.40. The van der Waals surface area contributed by atoms with Crippen LogP contribution in [0.5, 0.6) is 0 Å². The van der Waals surface area contributed by atoms with Crippen LogP contribution in [-0.4, -0.2) is 4.98 Å². The zero-order valence-electron chi connectivity index (χ0n) is 10.7. The molecule has 0 spiro atoms. The van der Waals surface area contributed by atoms with Crippen molar-refractivity contribution in [3.63, 3.8) is 0 Å². The number of rotatable bonds is 3. The number of nitrogens with one attached hydrogen (secondary N) is 2. The van der Waals surface area contributed by atoms with Crippen LogP contribution in [0.2, 0.25) is 0 Å². The first kappa shape index (κ1) is 12.8. The Morgan fingerprint density at radius 3 is 2.60 bits per heavy atom. The maximum atomic E-state index is 9.32. The van der Waals surface area contributed by atoms with E-state index >= 15 is 0 Å². The molecule has 0 atom stereocenters. The smallest absolute Gasteiger partial charge is 0.122 e. The molecule has 20 heavy (non-hydrogen) atoms. The number of halogens is 1. The highest BCUT2D eigenvalue weighted by molar-refractivity contribution is 9.10. The molecule has 0 aliphatic carbocycles. The lowest BCUT2D eigenvalue weighted by Crippen LogP contribution is -2.00. The molecule has 98 valence electrons. The van der Waals surface area contributed by atoms with Gasteiger partial charge in [-0.3, -0.25) is 0 Å². The van der Waals surface area contributed by atoms with Crippen molar-refractivity contribution in [2.75, 3.05) is 5.32 Å². The van der Waals surface area contributed by atoms with Gasteiger partial charge in [-0.1, -0.05) is 46.3 Å². The van der Waals surface area contributed by atoms with E-state index in [1.54, 1.807) is 0 Å². The lowest BCUT2D eigenvalue weighted by atomic mass is 10.2. The van der Waals surface area contributed by atoms with Gasteiger partial charge >= 0.3 is 0 Å². The van der Waals surface area contributed by atoms with Crippen LogP contribution in [0.3, 0.4) is 0 Å². The van der Waals surface area contributed by atoms with Gasteiger partial charge in [-0.05, 0) is 23.8 Å². The number of benzene rings is 2. The highest BCUT2D eigenvalue weighted by Crippen LogP contribution is 2.25. The van der Waals surface area contributed by atoms with Crippen LogP contribution < -0.4 is 5.32 Å². The summed E-state index contributed by atoms with van der Waals surface area (Å²) in [6, 6.07) is 18.2. The summed E-state index contributed by atoms with van der Waals surface area (Å²) in [5.74, 6) is 0.775. The molecule has 3 rings (SSSR count). The van der Waals surface area contributed by atoms with Gasteiger partial charge < -0.3 is 10.3 Å². The Kier molecular flexibility index (Phi) is 3.44. The maximum absolute atomic E-state index is 9.32. The van der Waals surface area contributed by atoms with Crippen molar-refractivity contribution in [1.82, 2.24) is 4.98 Å². The monoisotopic (exact) mass is 325 g/mol. The molecule has 4 heteroatoms. The summed E-state index contributed by atoms with van der Waals surface area (Å²) in [6.45, 7) is 0.675. The van der Waals surface area contributed by atoms with Gasteiger partial charge in [-0.25, -0.2) is 0 Å². The maximum Gasteiger partial charge on any atom is 0.122 e. The predicted molar refractivity (Wildman–Crippen MR) is 84.5 cm³/mol. The van der Waals surface area contributed by atoms with Gasteiger partial charge in [0.2, 0.25) is 0 Å². The molecule has 3 nitrogen and oxygen atoms in total. The summed E-state index contributed by atoms with van der Waals surface area (Å²) in [5, 5.41) is 13.6. The number of para-hydroxylation sites is 1. The Labute approximate surface area is 125 Å². The Hall–Kier alpha value is -2.25. The quantitative estimate of drug-likeness (QED) is 0.749. The van der Waals surface area contributed by atoms with E-state index in [1.807, 2.05) is 48.5 Å². The molecule has 0 unspecified atom stereocenters. The van der Waals surface area contributed by atoms with E-state index in [0.29, 0.717) is 12.1 Å². The van der Waals surface area contributed by atoms with Crippen molar-refractivity contribution in [1.29, 1.82) is 5.26 Å². The Balaban J connectivity index is 1.87. The van der Waals surface area contributed by atoms with E-state index in [4.69, 9.17) is 0 Å². The van der Waals surface area contributed by atoms with Crippen molar-refractivity contribution in [2.45, 2.75) is 6.54 Å². The third-order valence-corrected chi connectivity index (χ3v) is 3.73. The number of hydrogen-bond donors (Lipinski definition) is 2. The summed E-state index contributed by atoms with van der Waals surface area (Å²) in [6.07, 6.45) is 0. The van der Waals surface area contributed by atoms with Gasteiger partial charge in [0, 0.05) is 21.9 Å². The zero-order valence-corrected chi connectivity index (χ0v) is 12.2. The fourth-order valence-corrected chi connectivity index (χ4v) is 2.45. The number of aromatic amines is 1. The summed E-state index contributed by atoms with van der Waals surface area (Å²) in [7, 11) is 0. The molecule has 3 aromatic rings. The molecule has 0 saturated carbocycles. The molecular formula is C16H12BrN3. The predicted octanol–water partition coefficient (Wildman–Crippen LogP) is 4.41. The SMILES string of the molecule is N#Cc1c(NCc2ccc(Br)cc2)[nH]c2ccccc12. The van der Waals surface area contributed by atoms with Crippen molar-refractivity contribution in [3.05, 3.63) is 64.1 Å². The van der Waals surface area contributed by atoms with Crippen LogP contribution in [0.1, 0.15) is 11.1 Å². The molecule has 1 aromatic heterocycles. The summed E-state index contributed by atoms with van der Waals surface area (Å²) < 4.78 is 1.06. The van der Waals surface area contributed by atoms with Crippen LogP contribution >= 0.6 is 15.9 Å². The molecule has 0 aliphatic heterocycles. The number of H-pyrrole nitrogens is 1. The van der Waals surface area contributed by atoms with Crippen molar-refractivity contribution in [3.8, 4) is 6.07 Å². The molecule has 0 amide bonds. The number of aromatic nitrogens is 1. The highest BCUT2D eigenvalue weighted by atomic mass is 79.9. The molecule has 1 heterocycles. The number of anilines is 1. The van der Waals surface area contributed by atoms with Gasteiger partial charge in [0.1, 0.15) is 17.5 Å². The van der Waals surface area contributed by atoms with E-state index in [-0.39, 0.29) is 0 Å². The first-order valence-electron chi connectivity index (χ1n) is 6.27. The first-order valence-corrected chi connectivity index (χ1v) is 7.06. The second-order valence-corrected chi connectivity index (χ2v) is 5.43. The normalized spacial score (nSPS) is 10.4. The van der Waals surface area contributed by atoms with Crippen LogP contribution in [0, 0.1) is 11.3 Å². The van der Waals surface area contributed by atoms with Gasteiger partial charge in [0.15, 0.2) is 0 Å². The van der Waals surface area contributed by atoms with Crippen LogP contribution in [-0.2, 0) is 6.54 Å². The van der Waals surface area contributed by atoms with Crippen LogP contribution in [0.25, 0.3) is 10.9 Å². The van der Waals surface area contributed by atoms with Crippen molar-refractivity contribution >= 4 is 32.7 Å². The molecule has 0 bridgehead atoms. The Morgan fingerprint density at radius 2 is 1.85 bits per heavy atom. The largest absolute Gasteiger partial charge is 0.366 e. The average molecular weight is 326 g/mol. The van der Waals surface area contributed by atoms with E-state index < -0.39 is 0 Å². The van der Waals surface area contributed by atoms with Crippen molar-refractivity contribution < 1.29 is 0 Å². The Morgan fingerprint density at radius 1 is 1.10 bits per heavy atom. The topological polar surface area (TPSA) is 51.6 Å². The lowest BCUT2D eigenvalue weighted by molar-refractivity contribution is 1.12. The average Bonchev–Trinajstić information content (AvgIpc) is 2.84. The summed E-state index contributed by atoms with van der Waals surface area (Å²) in [5.41, 5.74) is 2.80. The Bertz CT molecular complexity index is 782. The standard InChI is InChI=1S/C16H12BrN3/c17-12-7-5-11(6-8-12)10-19-16-14(9-18)13-3-1-2-4-15(13)20-16/h1-8,19-20H,10H2. The minimum Gasteiger partial charge on any atom is -0.366 e. The zero-order chi connectivity index (χ0) is 13.9. The minimum atomic E-state index is 0.665. The second-order valence-electron chi connectivity index (χ2n) is 4.51. The molecule has 0 fully saturated rings. The first-order chi connectivity index (χ1) is 9.78. The molecule has 0 saturated heterocycles. The molecule has 2 aromatic carbocycles. The van der Waals surface area contributed by atoms with Gasteiger partial charge in [0.05, 0.1) is 0 Å². The molecule has 0 radical (unpaired) electrons. The number of fused-ring (bicyclic) bond motifs is 1. The summed E-state index contributed by atoms with van der Waals surface area (Å²) in [4.78, 5) is 3.25. The van der Waals surface area contributed by atoms with Crippen LogP contribution in [0.4, 0.5) is 5.82 Å². The van der Waals surface area contributed by atoms with Gasteiger partial charge in [-0.2, -0.15) is 5.26 Å². The number of hydrogen-bond acceptors (Lipinski definition) is 2. The second kappa shape index (κ2) is 5.40. The van der Waals surface area contributed by atoms with Gasteiger partial charge in [-0.15, -0.1) is 0 Å². The molecular weight excluding hydrogens is 314 g/mol. The van der Waals surface area contributed by atoms with E-state index in [9.17, 15) is 5.26 Å². The lowest BCUT2D eigenvalue weighted by Gasteiger charge is -2.05. The summed E-state index contributed by atoms with van der Waals surface area (Å²) >= 11 is 3.42. The highest BCUT2D eigenvalue weighted by Gasteiger charge is 2.09. The minimum absolute atomic E-state index is 0.665. The van der Waals surface area contributed by atoms with Crippen molar-refractivity contribution in [2.24, 2.45) is 0 Å². The van der Waals surface area contributed by atoms with Crippen LogP contribution in [0.15, 0.2) is 53.0 Å². The van der Waals surface area contributed by atoms with E-state index in [2.05, 4.69) is 32.3 Å². The number of nitrogens with zero attached hydrogens (tertiary/aromatic N) is 1. The third-order valence-electron chi connectivity index (χ3n) is 3.20. The van der Waals surface area contributed by atoms with E-state index in [0.717, 1.165) is 26.8 Å². The molecule has 0 aliphatic rings.